The minimum absolute atomic E-state index is 0.106. The summed E-state index contributed by atoms with van der Waals surface area (Å²) < 4.78 is 0. The lowest BCUT2D eigenvalue weighted by Gasteiger charge is -2.28. The fourth-order valence-electron chi connectivity index (χ4n) is 2.62. The van der Waals surface area contributed by atoms with Gasteiger partial charge in [0.1, 0.15) is 0 Å². The van der Waals surface area contributed by atoms with Crippen LogP contribution in [-0.4, -0.2) is 18.0 Å². The number of nitro benzene ring substituents is 1. The van der Waals surface area contributed by atoms with E-state index in [1.54, 1.807) is 12.1 Å². The molecule has 4 nitrogen and oxygen atoms in total. The van der Waals surface area contributed by atoms with Crippen LogP contribution in [0.15, 0.2) is 18.2 Å². The number of alkyl halides is 1. The van der Waals surface area contributed by atoms with Crippen LogP contribution in [0.1, 0.15) is 31.2 Å². The first-order valence-electron chi connectivity index (χ1n) is 6.19. The Labute approximate surface area is 112 Å². The lowest BCUT2D eigenvalue weighted by atomic mass is 10.1. The van der Waals surface area contributed by atoms with E-state index in [1.165, 1.54) is 25.7 Å². The minimum Gasteiger partial charge on any atom is -0.371 e. The van der Waals surface area contributed by atoms with Gasteiger partial charge in [-0.1, -0.05) is 12.8 Å². The van der Waals surface area contributed by atoms with Crippen molar-refractivity contribution >= 4 is 23.0 Å². The Balaban J connectivity index is 2.28. The van der Waals surface area contributed by atoms with Gasteiger partial charge in [-0.3, -0.25) is 10.1 Å². The third-order valence-electron chi connectivity index (χ3n) is 3.67. The van der Waals surface area contributed by atoms with Crippen LogP contribution in [0.25, 0.3) is 0 Å². The Hall–Kier alpha value is -1.29. The number of anilines is 1. The summed E-state index contributed by atoms with van der Waals surface area (Å²) in [7, 11) is 2.05. The number of halogens is 1. The molecule has 0 saturated heterocycles. The van der Waals surface area contributed by atoms with E-state index in [0.717, 1.165) is 11.3 Å². The van der Waals surface area contributed by atoms with Crippen molar-refractivity contribution in [3.63, 3.8) is 0 Å². The Kier molecular flexibility index (Phi) is 4.07. The summed E-state index contributed by atoms with van der Waals surface area (Å²) in [6.45, 7) is 0. The van der Waals surface area contributed by atoms with Gasteiger partial charge >= 0.3 is 0 Å². The quantitative estimate of drug-likeness (QED) is 0.475. The Bertz CT molecular complexity index is 445. The van der Waals surface area contributed by atoms with E-state index in [4.69, 9.17) is 11.6 Å². The molecule has 1 aliphatic rings. The topological polar surface area (TPSA) is 46.4 Å². The number of nitrogens with zero attached hydrogens (tertiary/aromatic N) is 2. The molecule has 18 heavy (non-hydrogen) atoms. The maximum Gasteiger partial charge on any atom is 0.269 e. The highest BCUT2D eigenvalue weighted by Crippen LogP contribution is 2.31. The van der Waals surface area contributed by atoms with Crippen LogP contribution in [-0.2, 0) is 5.88 Å². The Morgan fingerprint density at radius 2 is 2.11 bits per heavy atom. The van der Waals surface area contributed by atoms with Gasteiger partial charge in [0, 0.05) is 36.8 Å². The van der Waals surface area contributed by atoms with Gasteiger partial charge in [0.25, 0.3) is 5.69 Å². The molecule has 1 saturated carbocycles. The van der Waals surface area contributed by atoms with Crippen molar-refractivity contribution in [3.8, 4) is 0 Å². The maximum absolute atomic E-state index is 10.8. The Morgan fingerprint density at radius 3 is 2.67 bits per heavy atom. The van der Waals surface area contributed by atoms with Gasteiger partial charge in [-0.25, -0.2) is 0 Å². The van der Waals surface area contributed by atoms with Crippen LogP contribution < -0.4 is 4.90 Å². The molecule has 1 aliphatic carbocycles. The number of hydrogen-bond donors (Lipinski definition) is 0. The molecule has 0 N–H and O–H groups in total. The van der Waals surface area contributed by atoms with Gasteiger partial charge in [-0.15, -0.1) is 11.6 Å². The molecule has 0 aliphatic heterocycles. The summed E-state index contributed by atoms with van der Waals surface area (Å²) in [5.74, 6) is 0.300. The minimum atomic E-state index is -0.380. The van der Waals surface area contributed by atoms with E-state index < -0.39 is 0 Å². The highest BCUT2D eigenvalue weighted by molar-refractivity contribution is 6.17. The van der Waals surface area contributed by atoms with Crippen molar-refractivity contribution in [1.82, 2.24) is 0 Å². The molecule has 0 radical (unpaired) electrons. The van der Waals surface area contributed by atoms with Crippen molar-refractivity contribution in [3.05, 3.63) is 33.9 Å². The molecular weight excluding hydrogens is 252 g/mol. The van der Waals surface area contributed by atoms with Crippen LogP contribution >= 0.6 is 11.6 Å². The van der Waals surface area contributed by atoms with E-state index in [-0.39, 0.29) is 10.6 Å². The van der Waals surface area contributed by atoms with E-state index in [1.807, 2.05) is 13.1 Å². The van der Waals surface area contributed by atoms with Gasteiger partial charge in [0.05, 0.1) is 4.92 Å². The first-order valence-corrected chi connectivity index (χ1v) is 6.73. The van der Waals surface area contributed by atoms with Crippen LogP contribution in [0.2, 0.25) is 0 Å². The molecule has 1 aromatic carbocycles. The summed E-state index contributed by atoms with van der Waals surface area (Å²) in [4.78, 5) is 12.6. The summed E-state index contributed by atoms with van der Waals surface area (Å²) in [6, 6.07) is 5.48. The summed E-state index contributed by atoms with van der Waals surface area (Å²) in [5.41, 5.74) is 1.96. The summed E-state index contributed by atoms with van der Waals surface area (Å²) in [5, 5.41) is 10.8. The zero-order valence-corrected chi connectivity index (χ0v) is 11.2. The van der Waals surface area contributed by atoms with Gasteiger partial charge in [0.2, 0.25) is 0 Å². The number of hydrogen-bond acceptors (Lipinski definition) is 3. The van der Waals surface area contributed by atoms with Crippen LogP contribution in [0.3, 0.4) is 0 Å². The molecule has 5 heteroatoms. The van der Waals surface area contributed by atoms with Crippen molar-refractivity contribution in [1.29, 1.82) is 0 Å². The van der Waals surface area contributed by atoms with Crippen molar-refractivity contribution in [2.45, 2.75) is 37.6 Å². The predicted molar refractivity (Wildman–Crippen MR) is 73.3 cm³/mol. The zero-order valence-electron chi connectivity index (χ0n) is 10.4. The van der Waals surface area contributed by atoms with Gasteiger partial charge in [-0.2, -0.15) is 0 Å². The number of benzene rings is 1. The average Bonchev–Trinajstić information content (AvgIpc) is 2.90. The molecule has 0 amide bonds. The smallest absolute Gasteiger partial charge is 0.269 e. The van der Waals surface area contributed by atoms with E-state index in [9.17, 15) is 10.1 Å². The molecule has 2 rings (SSSR count). The third kappa shape index (κ3) is 2.58. The van der Waals surface area contributed by atoms with Crippen LogP contribution in [0, 0.1) is 10.1 Å². The molecule has 0 spiro atoms. The first kappa shape index (κ1) is 13.1. The second kappa shape index (κ2) is 5.57. The van der Waals surface area contributed by atoms with Crippen molar-refractivity contribution < 1.29 is 4.92 Å². The normalized spacial score (nSPS) is 15.9. The lowest BCUT2D eigenvalue weighted by Crippen LogP contribution is -2.29. The molecule has 0 unspecified atom stereocenters. The molecular formula is C13H17ClN2O2. The molecule has 0 bridgehead atoms. The number of rotatable bonds is 4. The monoisotopic (exact) mass is 268 g/mol. The molecule has 0 atom stereocenters. The average molecular weight is 269 g/mol. The summed E-state index contributed by atoms with van der Waals surface area (Å²) in [6.07, 6.45) is 4.90. The zero-order chi connectivity index (χ0) is 13.1. The highest BCUT2D eigenvalue weighted by Gasteiger charge is 2.22. The molecule has 98 valence electrons. The lowest BCUT2D eigenvalue weighted by molar-refractivity contribution is -0.384. The second-order valence-electron chi connectivity index (χ2n) is 4.75. The standard InChI is InChI=1S/C13H17ClN2O2/c1-15(11-4-2-3-5-11)13-7-6-12(16(17)18)8-10(13)9-14/h6-8,11H,2-5,9H2,1H3. The van der Waals surface area contributed by atoms with Crippen molar-refractivity contribution in [2.75, 3.05) is 11.9 Å². The molecule has 1 fully saturated rings. The van der Waals surface area contributed by atoms with E-state index >= 15 is 0 Å². The highest BCUT2D eigenvalue weighted by atomic mass is 35.5. The van der Waals surface area contributed by atoms with Crippen molar-refractivity contribution in [2.24, 2.45) is 0 Å². The number of non-ortho nitro benzene ring substituents is 1. The van der Waals surface area contributed by atoms with Gasteiger partial charge in [-0.05, 0) is 24.5 Å². The fraction of sp³-hybridized carbons (Fsp3) is 0.538. The fourth-order valence-corrected chi connectivity index (χ4v) is 2.84. The third-order valence-corrected chi connectivity index (χ3v) is 3.96. The second-order valence-corrected chi connectivity index (χ2v) is 5.02. The van der Waals surface area contributed by atoms with Gasteiger partial charge in [0.15, 0.2) is 0 Å². The van der Waals surface area contributed by atoms with Crippen LogP contribution in [0.5, 0.6) is 0 Å². The van der Waals surface area contributed by atoms with Crippen LogP contribution in [0.4, 0.5) is 11.4 Å². The molecule has 1 aromatic rings. The summed E-state index contributed by atoms with van der Waals surface area (Å²) >= 11 is 5.91. The van der Waals surface area contributed by atoms with Gasteiger partial charge < -0.3 is 4.90 Å². The number of nitro groups is 1. The van der Waals surface area contributed by atoms with E-state index in [0.29, 0.717) is 11.9 Å². The maximum atomic E-state index is 10.8. The Morgan fingerprint density at radius 1 is 1.44 bits per heavy atom. The predicted octanol–water partition coefficient (Wildman–Crippen LogP) is 3.71. The molecule has 0 heterocycles. The molecule has 0 aromatic heterocycles. The largest absolute Gasteiger partial charge is 0.371 e. The first-order chi connectivity index (χ1) is 8.63. The SMILES string of the molecule is CN(c1ccc([N+](=O)[O-])cc1CCl)C1CCCC1. The van der Waals surface area contributed by atoms with E-state index in [2.05, 4.69) is 4.90 Å².